The molecule has 0 spiro atoms. The number of aromatic amines is 1. The van der Waals surface area contributed by atoms with E-state index in [1.165, 1.54) is 12.5 Å². The highest BCUT2D eigenvalue weighted by Crippen LogP contribution is 2.29. The molecular formula is C12H16N4O3S2. The summed E-state index contributed by atoms with van der Waals surface area (Å²) in [5.41, 5.74) is 0.591. The fourth-order valence-corrected chi connectivity index (χ4v) is 3.88. The lowest BCUT2D eigenvalue weighted by Crippen LogP contribution is -2.39. The second-order valence-electron chi connectivity index (χ2n) is 4.91. The summed E-state index contributed by atoms with van der Waals surface area (Å²) in [6.45, 7) is 2.47. The van der Waals surface area contributed by atoms with Crippen LogP contribution in [-0.2, 0) is 21.1 Å². The van der Waals surface area contributed by atoms with E-state index in [2.05, 4.69) is 20.1 Å². The molecule has 0 radical (unpaired) electrons. The summed E-state index contributed by atoms with van der Waals surface area (Å²) in [5, 5.41) is 9.66. The normalized spacial score (nSPS) is 20.7. The molecule has 9 heteroatoms. The maximum absolute atomic E-state index is 11.9. The predicted molar refractivity (Wildman–Crippen MR) is 77.8 cm³/mol. The van der Waals surface area contributed by atoms with Crippen LogP contribution in [0.2, 0.25) is 0 Å². The van der Waals surface area contributed by atoms with Gasteiger partial charge in [0.25, 0.3) is 0 Å². The molecule has 2 aromatic heterocycles. The Balaban J connectivity index is 1.89. The number of morpholine rings is 1. The molecule has 21 heavy (non-hydrogen) atoms. The van der Waals surface area contributed by atoms with Gasteiger partial charge in [0.15, 0.2) is 9.84 Å². The Labute approximate surface area is 126 Å². The second-order valence-corrected chi connectivity index (χ2v) is 7.87. The maximum Gasteiger partial charge on any atom is 0.178 e. The SMILES string of the molecule is CS(=O)(=O)c1cn[nH]c1[C@@H]1COCCN1Cc1nccs1. The monoisotopic (exact) mass is 328 g/mol. The highest BCUT2D eigenvalue weighted by atomic mass is 32.2. The Kier molecular flexibility index (Phi) is 4.07. The fraction of sp³-hybridized carbons (Fsp3) is 0.500. The molecule has 1 N–H and O–H groups in total. The average Bonchev–Trinajstić information content (AvgIpc) is 3.08. The molecule has 0 aliphatic carbocycles. The van der Waals surface area contributed by atoms with E-state index in [0.29, 0.717) is 25.5 Å². The summed E-state index contributed by atoms with van der Waals surface area (Å²) in [5.74, 6) is 0. The summed E-state index contributed by atoms with van der Waals surface area (Å²) in [6.07, 6.45) is 4.32. The molecule has 3 rings (SSSR count). The summed E-state index contributed by atoms with van der Waals surface area (Å²) < 4.78 is 29.2. The fourth-order valence-electron chi connectivity index (χ4n) is 2.42. The van der Waals surface area contributed by atoms with Crippen molar-refractivity contribution in [2.75, 3.05) is 26.0 Å². The predicted octanol–water partition coefficient (Wildman–Crippen LogP) is 0.843. The minimum atomic E-state index is -3.31. The van der Waals surface area contributed by atoms with E-state index in [1.54, 1.807) is 17.5 Å². The van der Waals surface area contributed by atoms with Gasteiger partial charge in [-0.05, 0) is 0 Å². The highest BCUT2D eigenvalue weighted by Gasteiger charge is 2.31. The van der Waals surface area contributed by atoms with Gasteiger partial charge in [-0.25, -0.2) is 13.4 Å². The van der Waals surface area contributed by atoms with E-state index in [9.17, 15) is 8.42 Å². The molecule has 1 aliphatic rings. The minimum Gasteiger partial charge on any atom is -0.378 e. The Hall–Kier alpha value is -1.29. The molecule has 0 saturated carbocycles. The molecule has 0 bridgehead atoms. The topological polar surface area (TPSA) is 88.2 Å². The van der Waals surface area contributed by atoms with E-state index in [4.69, 9.17) is 4.74 Å². The van der Waals surface area contributed by atoms with Crippen LogP contribution in [0.25, 0.3) is 0 Å². The van der Waals surface area contributed by atoms with Crippen LogP contribution in [0.15, 0.2) is 22.7 Å². The molecule has 0 unspecified atom stereocenters. The molecule has 114 valence electrons. The van der Waals surface area contributed by atoms with Crippen molar-refractivity contribution in [2.24, 2.45) is 0 Å². The molecule has 1 aliphatic heterocycles. The number of nitrogens with one attached hydrogen (secondary N) is 1. The standard InChI is InChI=1S/C12H16N4O3S2/c1-21(17,18)10-6-14-15-12(10)9-8-19-4-3-16(9)7-11-13-2-5-20-11/h2,5-6,9H,3-4,7-8H2,1H3,(H,14,15)/t9-/m0/s1. The smallest absolute Gasteiger partial charge is 0.178 e. The molecule has 0 amide bonds. The second kappa shape index (κ2) is 5.84. The summed E-state index contributed by atoms with van der Waals surface area (Å²) >= 11 is 1.59. The van der Waals surface area contributed by atoms with Gasteiger partial charge in [-0.3, -0.25) is 10.00 Å². The van der Waals surface area contributed by atoms with Crippen LogP contribution < -0.4 is 0 Å². The zero-order valence-corrected chi connectivity index (χ0v) is 13.2. The minimum absolute atomic E-state index is 0.158. The molecular weight excluding hydrogens is 312 g/mol. The lowest BCUT2D eigenvalue weighted by molar-refractivity contribution is -0.0152. The first-order chi connectivity index (χ1) is 10.1. The van der Waals surface area contributed by atoms with Crippen LogP contribution in [-0.4, -0.2) is 54.5 Å². The van der Waals surface area contributed by atoms with Crippen LogP contribution in [0.1, 0.15) is 16.7 Å². The van der Waals surface area contributed by atoms with Gasteiger partial charge in [0.2, 0.25) is 0 Å². The molecule has 1 atom stereocenters. The zero-order chi connectivity index (χ0) is 14.9. The van der Waals surface area contributed by atoms with Gasteiger partial charge in [-0.1, -0.05) is 0 Å². The van der Waals surface area contributed by atoms with Gasteiger partial charge in [0.05, 0.1) is 37.7 Å². The first-order valence-corrected chi connectivity index (χ1v) is 9.26. The Bertz CT molecular complexity index is 696. The third-order valence-corrected chi connectivity index (χ3v) is 5.31. The summed E-state index contributed by atoms with van der Waals surface area (Å²) in [7, 11) is -3.31. The van der Waals surface area contributed by atoms with E-state index < -0.39 is 9.84 Å². The molecule has 3 heterocycles. The van der Waals surface area contributed by atoms with Gasteiger partial charge < -0.3 is 4.74 Å². The van der Waals surface area contributed by atoms with E-state index in [1.807, 2.05) is 5.38 Å². The number of ether oxygens (including phenoxy) is 1. The molecule has 1 fully saturated rings. The summed E-state index contributed by atoms with van der Waals surface area (Å²) in [4.78, 5) is 6.70. The van der Waals surface area contributed by atoms with Gasteiger partial charge in [0.1, 0.15) is 9.90 Å². The lowest BCUT2D eigenvalue weighted by atomic mass is 10.1. The average molecular weight is 328 g/mol. The number of nitrogens with zero attached hydrogens (tertiary/aromatic N) is 3. The van der Waals surface area contributed by atoms with E-state index >= 15 is 0 Å². The summed E-state index contributed by atoms with van der Waals surface area (Å²) in [6, 6.07) is -0.158. The van der Waals surface area contributed by atoms with Crippen molar-refractivity contribution in [3.05, 3.63) is 28.5 Å². The third kappa shape index (κ3) is 3.15. The first-order valence-electron chi connectivity index (χ1n) is 6.49. The largest absolute Gasteiger partial charge is 0.378 e. The number of rotatable bonds is 4. The lowest BCUT2D eigenvalue weighted by Gasteiger charge is -2.34. The van der Waals surface area contributed by atoms with Gasteiger partial charge in [-0.15, -0.1) is 11.3 Å². The van der Waals surface area contributed by atoms with Crippen LogP contribution >= 0.6 is 11.3 Å². The van der Waals surface area contributed by atoms with Gasteiger partial charge in [0, 0.05) is 24.4 Å². The van der Waals surface area contributed by atoms with Crippen LogP contribution in [0, 0.1) is 0 Å². The number of sulfone groups is 1. The number of H-pyrrole nitrogens is 1. The van der Waals surface area contributed by atoms with Crippen molar-refractivity contribution in [1.29, 1.82) is 0 Å². The van der Waals surface area contributed by atoms with Crippen LogP contribution in [0.4, 0.5) is 0 Å². The Morgan fingerprint density at radius 1 is 1.57 bits per heavy atom. The Morgan fingerprint density at radius 3 is 3.14 bits per heavy atom. The van der Waals surface area contributed by atoms with Crippen molar-refractivity contribution in [2.45, 2.75) is 17.5 Å². The van der Waals surface area contributed by atoms with E-state index in [-0.39, 0.29) is 10.9 Å². The zero-order valence-electron chi connectivity index (χ0n) is 11.5. The molecule has 0 aromatic carbocycles. The number of hydrogen-bond donors (Lipinski definition) is 1. The maximum atomic E-state index is 11.9. The molecule has 7 nitrogen and oxygen atoms in total. The highest BCUT2D eigenvalue weighted by molar-refractivity contribution is 7.90. The van der Waals surface area contributed by atoms with Crippen molar-refractivity contribution in [3.63, 3.8) is 0 Å². The van der Waals surface area contributed by atoms with Gasteiger partial charge in [-0.2, -0.15) is 5.10 Å². The van der Waals surface area contributed by atoms with Crippen molar-refractivity contribution < 1.29 is 13.2 Å². The first kappa shape index (κ1) is 14.6. The molecule has 1 saturated heterocycles. The number of thiazole rings is 1. The quantitative estimate of drug-likeness (QED) is 0.895. The van der Waals surface area contributed by atoms with Gasteiger partial charge >= 0.3 is 0 Å². The van der Waals surface area contributed by atoms with Crippen LogP contribution in [0.3, 0.4) is 0 Å². The van der Waals surface area contributed by atoms with E-state index in [0.717, 1.165) is 11.6 Å². The van der Waals surface area contributed by atoms with Crippen LogP contribution in [0.5, 0.6) is 0 Å². The van der Waals surface area contributed by atoms with Crippen molar-refractivity contribution >= 4 is 21.2 Å². The van der Waals surface area contributed by atoms with Crippen molar-refractivity contribution in [3.8, 4) is 0 Å². The molecule has 2 aromatic rings. The third-order valence-electron chi connectivity index (χ3n) is 3.43. The number of aromatic nitrogens is 3. The Morgan fingerprint density at radius 2 is 2.43 bits per heavy atom. The van der Waals surface area contributed by atoms with Crippen molar-refractivity contribution in [1.82, 2.24) is 20.1 Å². The number of hydrogen-bond acceptors (Lipinski definition) is 7.